The van der Waals surface area contributed by atoms with Crippen molar-refractivity contribution in [2.75, 3.05) is 6.54 Å². The quantitative estimate of drug-likeness (QED) is 0.589. The molecule has 3 aliphatic carbocycles. The van der Waals surface area contributed by atoms with Crippen LogP contribution in [0.4, 0.5) is 0 Å². The van der Waals surface area contributed by atoms with E-state index in [0.717, 1.165) is 12.8 Å². The molecular weight excluding hydrogens is 234 g/mol. The van der Waals surface area contributed by atoms with Gasteiger partial charge in [-0.3, -0.25) is 19.3 Å². The fraction of sp³-hybridized carbons (Fsp3) is 0.615. The van der Waals surface area contributed by atoms with E-state index in [-0.39, 0.29) is 48.5 Å². The number of amides is 2. The molecule has 1 saturated heterocycles. The Bertz CT molecular complexity index is 424. The average Bonchev–Trinajstić information content (AvgIpc) is 2.63. The molecule has 2 bridgehead atoms. The minimum absolute atomic E-state index is 0.0133. The maximum Gasteiger partial charge on any atom is 0.305 e. The van der Waals surface area contributed by atoms with E-state index in [0.29, 0.717) is 0 Å². The van der Waals surface area contributed by atoms with Crippen molar-refractivity contribution < 1.29 is 19.5 Å². The van der Waals surface area contributed by atoms with E-state index in [4.69, 9.17) is 5.11 Å². The molecule has 0 radical (unpaired) electrons. The van der Waals surface area contributed by atoms with Gasteiger partial charge in [0, 0.05) is 6.54 Å². The van der Waals surface area contributed by atoms with E-state index in [9.17, 15) is 14.4 Å². The summed E-state index contributed by atoms with van der Waals surface area (Å²) >= 11 is 0. The lowest BCUT2D eigenvalue weighted by atomic mass is 9.63. The second-order valence-electron chi connectivity index (χ2n) is 5.31. The third kappa shape index (κ3) is 1.50. The Morgan fingerprint density at radius 1 is 1.17 bits per heavy atom. The van der Waals surface area contributed by atoms with Crippen molar-refractivity contribution in [2.24, 2.45) is 23.7 Å². The number of likely N-dealkylation sites (tertiary alicyclic amines) is 1. The molecule has 0 aromatic heterocycles. The SMILES string of the molecule is O=C(O)CCN1C(=O)[C@H]2[C@H](C1=O)[C@H]1C=C[C@H]2CC1. The van der Waals surface area contributed by atoms with E-state index in [1.807, 2.05) is 0 Å². The highest BCUT2D eigenvalue weighted by atomic mass is 16.4. The van der Waals surface area contributed by atoms with Gasteiger partial charge in [-0.25, -0.2) is 0 Å². The minimum Gasteiger partial charge on any atom is -0.481 e. The molecule has 0 aromatic rings. The highest BCUT2D eigenvalue weighted by Gasteiger charge is 2.56. The molecule has 1 heterocycles. The van der Waals surface area contributed by atoms with Gasteiger partial charge in [-0.1, -0.05) is 12.2 Å². The van der Waals surface area contributed by atoms with E-state index in [1.165, 1.54) is 4.90 Å². The zero-order valence-corrected chi connectivity index (χ0v) is 9.91. The first kappa shape index (κ1) is 11.4. The zero-order chi connectivity index (χ0) is 12.9. The van der Waals surface area contributed by atoms with Gasteiger partial charge in [-0.05, 0) is 24.7 Å². The summed E-state index contributed by atoms with van der Waals surface area (Å²) in [5, 5.41) is 8.66. The summed E-state index contributed by atoms with van der Waals surface area (Å²) in [5.41, 5.74) is 0. The van der Waals surface area contributed by atoms with Crippen LogP contribution in [0.1, 0.15) is 19.3 Å². The molecule has 1 saturated carbocycles. The maximum absolute atomic E-state index is 12.2. The standard InChI is InChI=1S/C13H15NO4/c15-9(16)5-6-14-12(17)10-7-1-2-8(4-3-7)11(10)13(14)18/h1-2,7-8,10-11H,3-6H2,(H,15,16)/t7-,8-,10+,11+/m0/s1. The van der Waals surface area contributed by atoms with Crippen molar-refractivity contribution >= 4 is 17.8 Å². The number of fused-ring (bicyclic) bond motifs is 1. The van der Waals surface area contributed by atoms with Crippen molar-refractivity contribution in [1.29, 1.82) is 0 Å². The molecule has 4 aliphatic rings. The molecule has 1 N–H and O–H groups in total. The smallest absolute Gasteiger partial charge is 0.305 e. The number of hydrogen-bond donors (Lipinski definition) is 1. The number of carbonyl (C=O) groups is 3. The van der Waals surface area contributed by atoms with Gasteiger partial charge in [0.15, 0.2) is 0 Å². The van der Waals surface area contributed by atoms with Crippen molar-refractivity contribution in [3.63, 3.8) is 0 Å². The predicted molar refractivity (Wildman–Crippen MR) is 61.3 cm³/mol. The summed E-state index contributed by atoms with van der Waals surface area (Å²) in [6.07, 6.45) is 5.88. The minimum atomic E-state index is -0.980. The van der Waals surface area contributed by atoms with Gasteiger partial charge < -0.3 is 5.11 Å². The highest BCUT2D eigenvalue weighted by Crippen LogP contribution is 2.49. The van der Waals surface area contributed by atoms with Crippen LogP contribution in [0.3, 0.4) is 0 Å². The van der Waals surface area contributed by atoms with Crippen LogP contribution >= 0.6 is 0 Å². The van der Waals surface area contributed by atoms with E-state index >= 15 is 0 Å². The van der Waals surface area contributed by atoms with Crippen LogP contribution in [0.15, 0.2) is 12.2 Å². The lowest BCUT2D eigenvalue weighted by Crippen LogP contribution is -2.38. The van der Waals surface area contributed by atoms with Gasteiger partial charge in [-0.2, -0.15) is 0 Å². The Morgan fingerprint density at radius 3 is 2.06 bits per heavy atom. The number of hydrogen-bond acceptors (Lipinski definition) is 3. The van der Waals surface area contributed by atoms with Crippen LogP contribution < -0.4 is 0 Å². The third-order valence-corrected chi connectivity index (χ3v) is 4.40. The van der Waals surface area contributed by atoms with Gasteiger partial charge in [0.25, 0.3) is 0 Å². The van der Waals surface area contributed by atoms with Gasteiger partial charge in [0.1, 0.15) is 0 Å². The largest absolute Gasteiger partial charge is 0.481 e. The van der Waals surface area contributed by atoms with E-state index in [2.05, 4.69) is 12.2 Å². The number of rotatable bonds is 3. The van der Waals surface area contributed by atoms with E-state index in [1.54, 1.807) is 0 Å². The van der Waals surface area contributed by atoms with Crippen LogP contribution in [0.5, 0.6) is 0 Å². The van der Waals surface area contributed by atoms with Crippen molar-refractivity contribution in [3.8, 4) is 0 Å². The lowest BCUT2D eigenvalue weighted by molar-refractivity contribution is -0.142. The molecule has 0 aromatic carbocycles. The molecule has 4 atom stereocenters. The van der Waals surface area contributed by atoms with Gasteiger partial charge in [0.2, 0.25) is 11.8 Å². The summed E-state index contributed by atoms with van der Waals surface area (Å²) in [6, 6.07) is 0. The fourth-order valence-corrected chi connectivity index (χ4v) is 3.56. The molecule has 0 spiro atoms. The van der Waals surface area contributed by atoms with Crippen molar-refractivity contribution in [2.45, 2.75) is 19.3 Å². The Kier molecular flexibility index (Phi) is 2.50. The molecule has 5 heteroatoms. The highest BCUT2D eigenvalue weighted by molar-refractivity contribution is 6.06. The lowest BCUT2D eigenvalue weighted by Gasteiger charge is -2.38. The molecule has 18 heavy (non-hydrogen) atoms. The van der Waals surface area contributed by atoms with Crippen LogP contribution in [-0.4, -0.2) is 34.3 Å². The molecule has 2 fully saturated rings. The molecule has 5 nitrogen and oxygen atoms in total. The first-order valence-electron chi connectivity index (χ1n) is 6.35. The Hall–Kier alpha value is -1.65. The fourth-order valence-electron chi connectivity index (χ4n) is 3.56. The first-order valence-corrected chi connectivity index (χ1v) is 6.35. The zero-order valence-electron chi connectivity index (χ0n) is 9.91. The van der Waals surface area contributed by atoms with Crippen molar-refractivity contribution in [3.05, 3.63) is 12.2 Å². The summed E-state index contributed by atoms with van der Waals surface area (Å²) in [6.45, 7) is 0.0133. The summed E-state index contributed by atoms with van der Waals surface area (Å²) in [5.74, 6) is -1.41. The topological polar surface area (TPSA) is 74.7 Å². The number of carbonyl (C=O) groups excluding carboxylic acids is 2. The van der Waals surface area contributed by atoms with Gasteiger partial charge in [-0.15, -0.1) is 0 Å². The number of carboxylic acid groups (broad SMARTS) is 1. The monoisotopic (exact) mass is 249 g/mol. The average molecular weight is 249 g/mol. The molecule has 1 aliphatic heterocycles. The number of aliphatic carboxylic acids is 1. The molecular formula is C13H15NO4. The van der Waals surface area contributed by atoms with Crippen molar-refractivity contribution in [1.82, 2.24) is 4.90 Å². The number of carboxylic acids is 1. The van der Waals surface area contributed by atoms with Crippen LogP contribution in [0, 0.1) is 23.7 Å². The maximum atomic E-state index is 12.2. The molecule has 2 amide bonds. The van der Waals surface area contributed by atoms with E-state index < -0.39 is 5.97 Å². The first-order chi connectivity index (χ1) is 8.59. The normalized spacial score (nSPS) is 37.2. The van der Waals surface area contributed by atoms with Crippen LogP contribution in [-0.2, 0) is 14.4 Å². The summed E-state index contributed by atoms with van der Waals surface area (Å²) in [7, 11) is 0. The molecule has 4 rings (SSSR count). The van der Waals surface area contributed by atoms with Gasteiger partial charge >= 0.3 is 5.97 Å². The Morgan fingerprint density at radius 2 is 1.67 bits per heavy atom. The van der Waals surface area contributed by atoms with Gasteiger partial charge in [0.05, 0.1) is 18.3 Å². The summed E-state index contributed by atoms with van der Waals surface area (Å²) < 4.78 is 0. The van der Waals surface area contributed by atoms with Crippen LogP contribution in [0.25, 0.3) is 0 Å². The Balaban J connectivity index is 1.83. The number of allylic oxidation sites excluding steroid dienone is 2. The molecule has 96 valence electrons. The predicted octanol–water partition coefficient (Wildman–Crippen LogP) is 0.658. The number of nitrogens with zero attached hydrogens (tertiary/aromatic N) is 1. The second-order valence-corrected chi connectivity index (χ2v) is 5.31. The van der Waals surface area contributed by atoms with Crippen LogP contribution in [0.2, 0.25) is 0 Å². The number of imide groups is 1. The molecule has 0 unspecified atom stereocenters. The second kappa shape index (κ2) is 3.93. The summed E-state index contributed by atoms with van der Waals surface area (Å²) in [4.78, 5) is 36.2. The Labute approximate surface area is 104 Å². The third-order valence-electron chi connectivity index (χ3n) is 4.40.